The number of carbonyl (C=O) groups excluding carboxylic acids is 1. The highest BCUT2D eigenvalue weighted by Crippen LogP contribution is 2.25. The highest BCUT2D eigenvalue weighted by Gasteiger charge is 2.20. The molecule has 0 atom stereocenters. The molecule has 0 bridgehead atoms. The van der Waals surface area contributed by atoms with Crippen molar-refractivity contribution >= 4 is 27.7 Å². The number of carbonyl (C=O) groups is 1. The summed E-state index contributed by atoms with van der Waals surface area (Å²) in [4.78, 5) is 18.2. The zero-order valence-electron chi connectivity index (χ0n) is 9.78. The molecule has 0 aromatic carbocycles. The number of hydrogen-bond acceptors (Lipinski definition) is 4. The van der Waals surface area contributed by atoms with Crippen LogP contribution < -0.4 is 4.90 Å². The van der Waals surface area contributed by atoms with Crippen molar-refractivity contribution in [1.82, 2.24) is 4.98 Å². The summed E-state index contributed by atoms with van der Waals surface area (Å²) >= 11 is 3.33. The molecule has 17 heavy (non-hydrogen) atoms. The van der Waals surface area contributed by atoms with Crippen molar-refractivity contribution in [3.8, 4) is 0 Å². The van der Waals surface area contributed by atoms with Crippen LogP contribution in [0.2, 0.25) is 0 Å². The first kappa shape index (κ1) is 12.4. The fraction of sp³-hybridized carbons (Fsp3) is 0.500. The molecule has 2 rings (SSSR count). The average Bonchev–Trinajstić information content (AvgIpc) is 2.38. The number of esters is 1. The zero-order chi connectivity index (χ0) is 12.3. The Balaban J connectivity index is 2.34. The van der Waals surface area contributed by atoms with Gasteiger partial charge >= 0.3 is 5.97 Å². The van der Waals surface area contributed by atoms with Gasteiger partial charge in [0.15, 0.2) is 0 Å². The van der Waals surface area contributed by atoms with Crippen molar-refractivity contribution in [3.63, 3.8) is 0 Å². The van der Waals surface area contributed by atoms with Gasteiger partial charge in [0.1, 0.15) is 11.4 Å². The summed E-state index contributed by atoms with van der Waals surface area (Å²) in [6.07, 6.45) is 5.27. The molecule has 0 saturated carbocycles. The second-order valence-corrected chi connectivity index (χ2v) is 4.98. The first-order valence-electron chi connectivity index (χ1n) is 5.71. The van der Waals surface area contributed by atoms with E-state index in [0.29, 0.717) is 5.56 Å². The van der Waals surface area contributed by atoms with Gasteiger partial charge in [-0.15, -0.1) is 0 Å². The van der Waals surface area contributed by atoms with Crippen molar-refractivity contribution in [2.45, 2.75) is 19.3 Å². The van der Waals surface area contributed by atoms with Crippen molar-refractivity contribution in [3.05, 3.63) is 22.3 Å². The lowest BCUT2D eigenvalue weighted by molar-refractivity contribution is 0.0601. The summed E-state index contributed by atoms with van der Waals surface area (Å²) in [5.41, 5.74) is 0.531. The van der Waals surface area contributed by atoms with Gasteiger partial charge in [-0.3, -0.25) is 0 Å². The van der Waals surface area contributed by atoms with Gasteiger partial charge in [-0.05, 0) is 41.3 Å². The lowest BCUT2D eigenvalue weighted by Crippen LogP contribution is -2.31. The Morgan fingerprint density at radius 2 is 2.12 bits per heavy atom. The van der Waals surface area contributed by atoms with Gasteiger partial charge in [0.2, 0.25) is 0 Å². The summed E-state index contributed by atoms with van der Waals surface area (Å²) in [6, 6.07) is 1.77. The first-order chi connectivity index (χ1) is 8.22. The standard InChI is InChI=1S/C12H15BrN2O2/c1-17-12(16)10-7-9(13)8-14-11(10)15-5-3-2-4-6-15/h7-8H,2-6H2,1H3. The summed E-state index contributed by atoms with van der Waals surface area (Å²) < 4.78 is 5.59. The Hall–Kier alpha value is -1.10. The van der Waals surface area contributed by atoms with E-state index in [-0.39, 0.29) is 5.97 Å². The van der Waals surface area contributed by atoms with E-state index < -0.39 is 0 Å². The molecular weight excluding hydrogens is 284 g/mol. The van der Waals surface area contributed by atoms with Crippen LogP contribution >= 0.6 is 15.9 Å². The Bertz CT molecular complexity index is 417. The van der Waals surface area contributed by atoms with Crippen LogP contribution in [-0.2, 0) is 4.74 Å². The Labute approximate surface area is 109 Å². The molecule has 1 saturated heterocycles. The number of anilines is 1. The normalized spacial score (nSPS) is 15.8. The highest BCUT2D eigenvalue weighted by atomic mass is 79.9. The highest BCUT2D eigenvalue weighted by molar-refractivity contribution is 9.10. The van der Waals surface area contributed by atoms with Gasteiger partial charge in [-0.1, -0.05) is 0 Å². The molecule has 1 fully saturated rings. The summed E-state index contributed by atoms with van der Waals surface area (Å²) in [5.74, 6) is 0.402. The maximum Gasteiger partial charge on any atom is 0.341 e. The molecule has 0 amide bonds. The average molecular weight is 299 g/mol. The van der Waals surface area contributed by atoms with Crippen molar-refractivity contribution in [1.29, 1.82) is 0 Å². The summed E-state index contributed by atoms with van der Waals surface area (Å²) in [5, 5.41) is 0. The molecule has 1 aliphatic rings. The van der Waals surface area contributed by atoms with Gasteiger partial charge in [0, 0.05) is 23.8 Å². The number of aromatic nitrogens is 1. The molecule has 2 heterocycles. The molecular formula is C12H15BrN2O2. The topological polar surface area (TPSA) is 42.4 Å². The monoisotopic (exact) mass is 298 g/mol. The largest absolute Gasteiger partial charge is 0.465 e. The van der Waals surface area contributed by atoms with E-state index in [1.807, 2.05) is 0 Å². The minimum absolute atomic E-state index is 0.334. The van der Waals surface area contributed by atoms with Gasteiger partial charge in [-0.2, -0.15) is 0 Å². The lowest BCUT2D eigenvalue weighted by atomic mass is 10.1. The fourth-order valence-corrected chi connectivity index (χ4v) is 2.38. The smallest absolute Gasteiger partial charge is 0.341 e. The van der Waals surface area contributed by atoms with Crippen LogP contribution in [0.15, 0.2) is 16.7 Å². The van der Waals surface area contributed by atoms with Crippen LogP contribution in [0, 0.1) is 0 Å². The van der Waals surface area contributed by atoms with E-state index in [2.05, 4.69) is 25.8 Å². The number of pyridine rings is 1. The van der Waals surface area contributed by atoms with Gasteiger partial charge < -0.3 is 9.64 Å². The quantitative estimate of drug-likeness (QED) is 0.787. The molecule has 1 aromatic rings. The number of ether oxygens (including phenoxy) is 1. The molecule has 4 nitrogen and oxygen atoms in total. The number of rotatable bonds is 2. The van der Waals surface area contributed by atoms with Crippen molar-refractivity contribution in [2.24, 2.45) is 0 Å². The minimum atomic E-state index is -0.334. The second-order valence-electron chi connectivity index (χ2n) is 4.06. The van der Waals surface area contributed by atoms with Crippen LogP contribution in [0.4, 0.5) is 5.82 Å². The third-order valence-electron chi connectivity index (χ3n) is 2.89. The number of nitrogens with zero attached hydrogens (tertiary/aromatic N) is 2. The first-order valence-corrected chi connectivity index (χ1v) is 6.50. The Kier molecular flexibility index (Phi) is 3.99. The third kappa shape index (κ3) is 2.77. The fourth-order valence-electron chi connectivity index (χ4n) is 2.05. The number of hydrogen-bond donors (Lipinski definition) is 0. The second kappa shape index (κ2) is 5.49. The number of halogens is 1. The molecule has 92 valence electrons. The van der Waals surface area contributed by atoms with Crippen LogP contribution in [0.5, 0.6) is 0 Å². The number of methoxy groups -OCH3 is 1. The van der Waals surface area contributed by atoms with E-state index >= 15 is 0 Å². The van der Waals surface area contributed by atoms with E-state index in [4.69, 9.17) is 4.74 Å². The molecule has 0 spiro atoms. The molecule has 0 N–H and O–H groups in total. The Morgan fingerprint density at radius 3 is 2.76 bits per heavy atom. The SMILES string of the molecule is COC(=O)c1cc(Br)cnc1N1CCCCC1. The molecule has 1 aliphatic heterocycles. The van der Waals surface area contributed by atoms with Crippen LogP contribution in [0.3, 0.4) is 0 Å². The maximum atomic E-state index is 11.7. The van der Waals surface area contributed by atoms with Crippen LogP contribution in [0.1, 0.15) is 29.6 Å². The van der Waals surface area contributed by atoms with Crippen molar-refractivity contribution in [2.75, 3.05) is 25.1 Å². The molecule has 0 unspecified atom stereocenters. The lowest BCUT2D eigenvalue weighted by Gasteiger charge is -2.28. The predicted octanol–water partition coefficient (Wildman–Crippen LogP) is 2.62. The summed E-state index contributed by atoms with van der Waals surface area (Å²) in [7, 11) is 1.39. The van der Waals surface area contributed by atoms with Crippen LogP contribution in [0.25, 0.3) is 0 Å². The van der Waals surface area contributed by atoms with Gasteiger partial charge in [0.25, 0.3) is 0 Å². The zero-order valence-corrected chi connectivity index (χ0v) is 11.4. The van der Waals surface area contributed by atoms with Gasteiger partial charge in [-0.25, -0.2) is 9.78 Å². The van der Waals surface area contributed by atoms with E-state index in [1.54, 1.807) is 12.3 Å². The molecule has 0 radical (unpaired) electrons. The third-order valence-corrected chi connectivity index (χ3v) is 3.33. The van der Waals surface area contributed by atoms with Gasteiger partial charge in [0.05, 0.1) is 7.11 Å². The van der Waals surface area contributed by atoms with Crippen LogP contribution in [-0.4, -0.2) is 31.2 Å². The minimum Gasteiger partial charge on any atom is -0.465 e. The predicted molar refractivity (Wildman–Crippen MR) is 69.3 cm³/mol. The summed E-state index contributed by atoms with van der Waals surface area (Å²) in [6.45, 7) is 1.91. The van der Waals surface area contributed by atoms with E-state index in [1.165, 1.54) is 13.5 Å². The van der Waals surface area contributed by atoms with E-state index in [9.17, 15) is 4.79 Å². The molecule has 1 aromatic heterocycles. The Morgan fingerprint density at radius 1 is 1.41 bits per heavy atom. The van der Waals surface area contributed by atoms with Crippen molar-refractivity contribution < 1.29 is 9.53 Å². The number of piperidine rings is 1. The van der Waals surface area contributed by atoms with E-state index in [0.717, 1.165) is 36.2 Å². The molecule has 0 aliphatic carbocycles. The molecule has 5 heteroatoms. The maximum absolute atomic E-state index is 11.7.